The lowest BCUT2D eigenvalue weighted by Gasteiger charge is -2.20. The zero-order chi connectivity index (χ0) is 20.9. The van der Waals surface area contributed by atoms with Crippen molar-refractivity contribution < 1.29 is 18.0 Å². The van der Waals surface area contributed by atoms with Crippen molar-refractivity contribution in [3.8, 4) is 0 Å². The van der Waals surface area contributed by atoms with Gasteiger partial charge in [-0.05, 0) is 48.7 Å². The van der Waals surface area contributed by atoms with Crippen molar-refractivity contribution in [1.29, 1.82) is 0 Å². The van der Waals surface area contributed by atoms with Gasteiger partial charge in [-0.2, -0.15) is 4.31 Å². The Morgan fingerprint density at radius 2 is 1.59 bits per heavy atom. The minimum atomic E-state index is -3.62. The summed E-state index contributed by atoms with van der Waals surface area (Å²) in [4.78, 5) is 23.9. The zero-order valence-corrected chi connectivity index (χ0v) is 17.0. The van der Waals surface area contributed by atoms with Gasteiger partial charge in [0.1, 0.15) is 0 Å². The molecule has 0 atom stereocenters. The van der Waals surface area contributed by atoms with Gasteiger partial charge in [-0.15, -0.1) is 0 Å². The van der Waals surface area contributed by atoms with Crippen LogP contribution in [0.25, 0.3) is 0 Å². The third-order valence-electron chi connectivity index (χ3n) is 4.96. The fourth-order valence-electron chi connectivity index (χ4n) is 3.35. The lowest BCUT2D eigenvalue weighted by atomic mass is 10.1. The van der Waals surface area contributed by atoms with Crippen LogP contribution in [0.2, 0.25) is 0 Å². The second-order valence-electron chi connectivity index (χ2n) is 7.09. The van der Waals surface area contributed by atoms with Crippen LogP contribution in [0.15, 0.2) is 53.4 Å². The maximum atomic E-state index is 12.9. The average Bonchev–Trinajstić information content (AvgIpc) is 3.02. The molecule has 1 fully saturated rings. The molecule has 3 rings (SSSR count). The molecule has 1 aliphatic rings. The van der Waals surface area contributed by atoms with Crippen LogP contribution in [0.1, 0.15) is 52.0 Å². The van der Waals surface area contributed by atoms with Gasteiger partial charge >= 0.3 is 0 Å². The molecule has 8 heteroatoms. The first-order valence-corrected chi connectivity index (χ1v) is 11.1. The summed E-state index contributed by atoms with van der Waals surface area (Å²) >= 11 is 0. The second kappa shape index (κ2) is 9.19. The molecule has 0 saturated carbocycles. The number of benzene rings is 2. The molecule has 1 aliphatic heterocycles. The summed E-state index contributed by atoms with van der Waals surface area (Å²) in [6.07, 6.45) is 3.77. The highest BCUT2D eigenvalue weighted by Gasteiger charge is 2.25. The molecule has 2 aromatic carbocycles. The quantitative estimate of drug-likeness (QED) is 0.754. The van der Waals surface area contributed by atoms with Crippen molar-refractivity contribution in [3.05, 3.63) is 65.2 Å². The summed E-state index contributed by atoms with van der Waals surface area (Å²) in [5.74, 6) is -0.924. The molecule has 0 aliphatic carbocycles. The predicted molar refractivity (Wildman–Crippen MR) is 110 cm³/mol. The van der Waals surface area contributed by atoms with Gasteiger partial charge in [-0.3, -0.25) is 9.59 Å². The van der Waals surface area contributed by atoms with E-state index in [-0.39, 0.29) is 22.9 Å². The van der Waals surface area contributed by atoms with Crippen LogP contribution in [-0.2, 0) is 16.6 Å². The van der Waals surface area contributed by atoms with Crippen molar-refractivity contribution >= 4 is 21.8 Å². The van der Waals surface area contributed by atoms with Crippen molar-refractivity contribution in [2.75, 3.05) is 13.1 Å². The molecule has 0 bridgehead atoms. The molecule has 7 nitrogen and oxygen atoms in total. The van der Waals surface area contributed by atoms with Crippen LogP contribution in [0.4, 0.5) is 0 Å². The smallest absolute Gasteiger partial charge is 0.251 e. The maximum absolute atomic E-state index is 12.9. The van der Waals surface area contributed by atoms with E-state index in [0.29, 0.717) is 18.7 Å². The number of nitrogens with one attached hydrogen (secondary N) is 1. The molecule has 0 radical (unpaired) electrons. The molecule has 0 unspecified atom stereocenters. The van der Waals surface area contributed by atoms with Crippen molar-refractivity contribution in [3.63, 3.8) is 0 Å². The van der Waals surface area contributed by atoms with E-state index in [1.807, 2.05) is 0 Å². The van der Waals surface area contributed by atoms with Crippen molar-refractivity contribution in [2.45, 2.75) is 37.1 Å². The van der Waals surface area contributed by atoms with Crippen molar-refractivity contribution in [2.24, 2.45) is 5.73 Å². The first kappa shape index (κ1) is 21.0. The summed E-state index contributed by atoms with van der Waals surface area (Å²) in [5.41, 5.74) is 6.63. The number of rotatable bonds is 6. The second-order valence-corrected chi connectivity index (χ2v) is 9.03. The monoisotopic (exact) mass is 415 g/mol. The van der Waals surface area contributed by atoms with Crippen LogP contribution in [0.5, 0.6) is 0 Å². The molecule has 2 aromatic rings. The predicted octanol–water partition coefficient (Wildman–Crippen LogP) is 2.28. The topological polar surface area (TPSA) is 110 Å². The fourth-order valence-corrected chi connectivity index (χ4v) is 4.91. The lowest BCUT2D eigenvalue weighted by Crippen LogP contribution is -2.32. The fraction of sp³-hybridized carbons (Fsp3) is 0.333. The number of amides is 2. The third kappa shape index (κ3) is 5.21. The Balaban J connectivity index is 1.72. The number of carbonyl (C=O) groups excluding carboxylic acids is 2. The minimum Gasteiger partial charge on any atom is -0.366 e. The molecule has 1 saturated heterocycles. The molecule has 3 N–H and O–H groups in total. The number of primary amides is 1. The van der Waals surface area contributed by atoms with E-state index < -0.39 is 15.9 Å². The largest absolute Gasteiger partial charge is 0.366 e. The van der Waals surface area contributed by atoms with Gasteiger partial charge in [0.25, 0.3) is 5.91 Å². The van der Waals surface area contributed by atoms with Gasteiger partial charge < -0.3 is 11.1 Å². The van der Waals surface area contributed by atoms with Gasteiger partial charge in [0, 0.05) is 30.8 Å². The molecule has 2 amide bonds. The van der Waals surface area contributed by atoms with Gasteiger partial charge in [-0.25, -0.2) is 8.42 Å². The van der Waals surface area contributed by atoms with Gasteiger partial charge in [0.2, 0.25) is 15.9 Å². The van der Waals surface area contributed by atoms with E-state index >= 15 is 0 Å². The Morgan fingerprint density at radius 1 is 0.931 bits per heavy atom. The first-order valence-electron chi connectivity index (χ1n) is 9.65. The number of sulfonamides is 1. The minimum absolute atomic E-state index is 0.128. The van der Waals surface area contributed by atoms with Crippen LogP contribution in [0, 0.1) is 0 Å². The summed E-state index contributed by atoms with van der Waals surface area (Å²) in [6, 6.07) is 12.8. The summed E-state index contributed by atoms with van der Waals surface area (Å²) in [7, 11) is -3.62. The Morgan fingerprint density at radius 3 is 2.28 bits per heavy atom. The Labute approximate surface area is 171 Å². The van der Waals surface area contributed by atoms with Crippen LogP contribution in [-0.4, -0.2) is 37.6 Å². The molecule has 1 heterocycles. The number of carbonyl (C=O) groups is 2. The SMILES string of the molecule is NC(=O)c1cccc(CNC(=O)c2cccc(S(=O)(=O)N3CCCCCC3)c2)c1. The normalized spacial score (nSPS) is 15.4. The van der Waals surface area contributed by atoms with E-state index in [1.54, 1.807) is 36.4 Å². The number of hydrogen-bond donors (Lipinski definition) is 2. The highest BCUT2D eigenvalue weighted by molar-refractivity contribution is 7.89. The van der Waals surface area contributed by atoms with Crippen LogP contribution in [0.3, 0.4) is 0 Å². The third-order valence-corrected chi connectivity index (χ3v) is 6.86. The Hall–Kier alpha value is -2.71. The molecule has 0 spiro atoms. The van der Waals surface area contributed by atoms with Gasteiger partial charge in [-0.1, -0.05) is 31.0 Å². The van der Waals surface area contributed by atoms with E-state index in [1.165, 1.54) is 16.4 Å². The summed E-state index contributed by atoms with van der Waals surface area (Å²) in [5, 5.41) is 2.75. The Kier molecular flexibility index (Phi) is 6.66. The maximum Gasteiger partial charge on any atom is 0.251 e. The van der Waals surface area contributed by atoms with Crippen LogP contribution < -0.4 is 11.1 Å². The summed E-state index contributed by atoms with van der Waals surface area (Å²) < 4.78 is 27.4. The number of nitrogens with two attached hydrogens (primary N) is 1. The number of nitrogens with zero attached hydrogens (tertiary/aromatic N) is 1. The average molecular weight is 416 g/mol. The molecule has 154 valence electrons. The van der Waals surface area contributed by atoms with E-state index in [4.69, 9.17) is 5.73 Å². The van der Waals surface area contributed by atoms with E-state index in [9.17, 15) is 18.0 Å². The standard InChI is InChI=1S/C21H25N3O4S/c22-20(25)17-8-5-7-16(13-17)15-23-21(26)18-9-6-10-19(14-18)29(27,28)24-11-3-1-2-4-12-24/h5-10,13-14H,1-4,11-12,15H2,(H2,22,25)(H,23,26). The first-order chi connectivity index (χ1) is 13.9. The molecule has 0 aromatic heterocycles. The highest BCUT2D eigenvalue weighted by Crippen LogP contribution is 2.21. The van der Waals surface area contributed by atoms with E-state index in [2.05, 4.69) is 5.32 Å². The highest BCUT2D eigenvalue weighted by atomic mass is 32.2. The van der Waals surface area contributed by atoms with Crippen LogP contribution >= 0.6 is 0 Å². The van der Waals surface area contributed by atoms with Crippen molar-refractivity contribution in [1.82, 2.24) is 9.62 Å². The van der Waals surface area contributed by atoms with E-state index in [0.717, 1.165) is 31.2 Å². The number of hydrogen-bond acceptors (Lipinski definition) is 4. The zero-order valence-electron chi connectivity index (χ0n) is 16.1. The van der Waals surface area contributed by atoms with Gasteiger partial charge in [0.15, 0.2) is 0 Å². The Bertz CT molecular complexity index is 996. The molecular formula is C21H25N3O4S. The lowest BCUT2D eigenvalue weighted by molar-refractivity contribution is 0.0950. The summed E-state index contributed by atoms with van der Waals surface area (Å²) in [6.45, 7) is 1.22. The van der Waals surface area contributed by atoms with Gasteiger partial charge in [0.05, 0.1) is 4.90 Å². The molecule has 29 heavy (non-hydrogen) atoms. The molecular weight excluding hydrogens is 390 g/mol.